The Hall–Kier alpha value is -1.96. The Morgan fingerprint density at radius 3 is 2.67 bits per heavy atom. The van der Waals surface area contributed by atoms with Gasteiger partial charge in [-0.15, -0.1) is 5.10 Å². The van der Waals surface area contributed by atoms with Crippen LogP contribution >= 0.6 is 11.8 Å². The number of rotatable bonds is 3. The van der Waals surface area contributed by atoms with Gasteiger partial charge in [0.15, 0.2) is 5.82 Å². The van der Waals surface area contributed by atoms with Crippen LogP contribution in [0.4, 0.5) is 8.78 Å². The third kappa shape index (κ3) is 2.90. The minimum absolute atomic E-state index is 0.0446. The molecule has 110 valence electrons. The molecule has 0 aliphatic carbocycles. The lowest BCUT2D eigenvalue weighted by atomic mass is 10.2. The molecule has 1 aliphatic heterocycles. The van der Waals surface area contributed by atoms with Gasteiger partial charge in [0.1, 0.15) is 11.6 Å². The summed E-state index contributed by atoms with van der Waals surface area (Å²) in [5.41, 5.74) is 0.279. The Labute approximate surface area is 123 Å². The lowest BCUT2D eigenvalue weighted by molar-refractivity contribution is -0.126. The van der Waals surface area contributed by atoms with Crippen LogP contribution < -0.4 is 0 Å². The number of hydrogen-bond acceptors (Lipinski definition) is 4. The van der Waals surface area contributed by atoms with E-state index in [1.165, 1.54) is 23.9 Å². The van der Waals surface area contributed by atoms with E-state index in [1.54, 1.807) is 11.9 Å². The fraction of sp³-hybridized carbons (Fsp3) is 0.308. The first-order chi connectivity index (χ1) is 10.0. The number of aromatic amines is 1. The summed E-state index contributed by atoms with van der Waals surface area (Å²) in [5, 5.41) is 6.81. The first kappa shape index (κ1) is 14.0. The van der Waals surface area contributed by atoms with Gasteiger partial charge in [-0.25, -0.2) is 13.8 Å². The standard InChI is InChI=1S/C13H12F2N4OS/c1-19-3-2-10(12(19)20)21-13-16-11(17-18-13)7-4-8(14)6-9(15)5-7/h4-6,10H,2-3H2,1H3,(H,16,17,18)/t10-/m1/s1. The zero-order valence-electron chi connectivity index (χ0n) is 11.1. The summed E-state index contributed by atoms with van der Waals surface area (Å²) >= 11 is 1.25. The van der Waals surface area contributed by atoms with Gasteiger partial charge in [0.05, 0.1) is 5.25 Å². The molecule has 1 aliphatic rings. The van der Waals surface area contributed by atoms with Gasteiger partial charge in [-0.1, -0.05) is 11.8 Å². The maximum Gasteiger partial charge on any atom is 0.235 e. The topological polar surface area (TPSA) is 61.9 Å². The molecule has 0 unspecified atom stereocenters. The zero-order valence-corrected chi connectivity index (χ0v) is 12.0. The maximum absolute atomic E-state index is 13.2. The van der Waals surface area contributed by atoms with Crippen molar-refractivity contribution < 1.29 is 13.6 Å². The number of likely N-dealkylation sites (tertiary alicyclic amines) is 1. The zero-order chi connectivity index (χ0) is 15.0. The minimum atomic E-state index is -0.678. The van der Waals surface area contributed by atoms with Crippen molar-refractivity contribution in [3.8, 4) is 11.4 Å². The van der Waals surface area contributed by atoms with Crippen molar-refractivity contribution in [3.63, 3.8) is 0 Å². The van der Waals surface area contributed by atoms with Crippen molar-refractivity contribution >= 4 is 17.7 Å². The molecule has 1 fully saturated rings. The molecule has 2 heterocycles. The first-order valence-electron chi connectivity index (χ1n) is 6.33. The molecule has 5 nitrogen and oxygen atoms in total. The molecule has 1 aromatic heterocycles. The van der Waals surface area contributed by atoms with Crippen LogP contribution in [0, 0.1) is 11.6 Å². The highest BCUT2D eigenvalue weighted by atomic mass is 32.2. The molecular weight excluding hydrogens is 298 g/mol. The monoisotopic (exact) mass is 310 g/mol. The lowest BCUT2D eigenvalue weighted by Crippen LogP contribution is -2.23. The summed E-state index contributed by atoms with van der Waals surface area (Å²) in [6.07, 6.45) is 0.735. The summed E-state index contributed by atoms with van der Waals surface area (Å²) in [4.78, 5) is 17.7. The van der Waals surface area contributed by atoms with E-state index in [1.807, 2.05) is 0 Å². The van der Waals surface area contributed by atoms with Gasteiger partial charge in [0.25, 0.3) is 0 Å². The van der Waals surface area contributed by atoms with Gasteiger partial charge in [0, 0.05) is 25.2 Å². The van der Waals surface area contributed by atoms with Crippen LogP contribution in [0.25, 0.3) is 11.4 Å². The molecule has 0 spiro atoms. The van der Waals surface area contributed by atoms with Crippen molar-refractivity contribution in [1.29, 1.82) is 0 Å². The van der Waals surface area contributed by atoms with E-state index in [0.717, 1.165) is 12.5 Å². The number of hydrogen-bond donors (Lipinski definition) is 1. The van der Waals surface area contributed by atoms with Crippen LogP contribution in [0.15, 0.2) is 23.4 Å². The Kier molecular flexibility index (Phi) is 3.62. The van der Waals surface area contributed by atoms with Gasteiger partial charge in [-0.05, 0) is 18.6 Å². The second-order valence-electron chi connectivity index (χ2n) is 4.78. The predicted molar refractivity (Wildman–Crippen MR) is 73.6 cm³/mol. The van der Waals surface area contributed by atoms with E-state index in [4.69, 9.17) is 0 Å². The number of nitrogens with one attached hydrogen (secondary N) is 1. The number of benzene rings is 1. The van der Waals surface area contributed by atoms with Crippen LogP contribution in [0.3, 0.4) is 0 Å². The van der Waals surface area contributed by atoms with Crippen LogP contribution in [-0.2, 0) is 4.79 Å². The smallest absolute Gasteiger partial charge is 0.235 e. The molecular formula is C13H12F2N4OS. The minimum Gasteiger partial charge on any atom is -0.345 e. The highest BCUT2D eigenvalue weighted by molar-refractivity contribution is 8.00. The van der Waals surface area contributed by atoms with E-state index in [-0.39, 0.29) is 22.5 Å². The van der Waals surface area contributed by atoms with E-state index in [9.17, 15) is 13.6 Å². The number of halogens is 2. The molecule has 2 aromatic rings. The van der Waals surface area contributed by atoms with Crippen molar-refractivity contribution in [3.05, 3.63) is 29.8 Å². The van der Waals surface area contributed by atoms with Gasteiger partial charge in [-0.2, -0.15) is 0 Å². The second kappa shape index (κ2) is 5.44. The normalized spacial score (nSPS) is 18.5. The highest BCUT2D eigenvalue weighted by Crippen LogP contribution is 2.29. The molecule has 0 radical (unpaired) electrons. The summed E-state index contributed by atoms with van der Waals surface area (Å²) in [7, 11) is 1.75. The number of carbonyl (C=O) groups is 1. The predicted octanol–water partition coefficient (Wildman–Crippen LogP) is 2.07. The molecule has 0 bridgehead atoms. The van der Waals surface area contributed by atoms with Crippen molar-refractivity contribution in [2.45, 2.75) is 16.8 Å². The van der Waals surface area contributed by atoms with Gasteiger partial charge in [-0.3, -0.25) is 9.89 Å². The fourth-order valence-electron chi connectivity index (χ4n) is 2.15. The molecule has 1 amide bonds. The van der Waals surface area contributed by atoms with Gasteiger partial charge >= 0.3 is 0 Å². The largest absolute Gasteiger partial charge is 0.345 e. The first-order valence-corrected chi connectivity index (χ1v) is 7.21. The Bertz CT molecular complexity index is 670. The number of thioether (sulfide) groups is 1. The van der Waals surface area contributed by atoms with Crippen LogP contribution in [0.2, 0.25) is 0 Å². The average Bonchev–Trinajstić information content (AvgIpc) is 3.00. The maximum atomic E-state index is 13.2. The van der Waals surface area contributed by atoms with E-state index < -0.39 is 11.6 Å². The number of nitrogens with zero attached hydrogens (tertiary/aromatic N) is 3. The number of aromatic nitrogens is 3. The Morgan fingerprint density at radius 2 is 2.05 bits per heavy atom. The van der Waals surface area contributed by atoms with Gasteiger partial charge in [0.2, 0.25) is 11.1 Å². The molecule has 3 rings (SSSR count). The van der Waals surface area contributed by atoms with E-state index in [0.29, 0.717) is 11.7 Å². The summed E-state index contributed by atoms with van der Waals surface area (Å²) in [5.74, 6) is -1.04. The number of H-pyrrole nitrogens is 1. The molecule has 8 heteroatoms. The SMILES string of the molecule is CN1CC[C@@H](Sc2n[nH]c(-c3cc(F)cc(F)c3)n2)C1=O. The molecule has 1 N–H and O–H groups in total. The fourth-order valence-corrected chi connectivity index (χ4v) is 3.15. The lowest BCUT2D eigenvalue weighted by Gasteiger charge is -2.07. The molecule has 21 heavy (non-hydrogen) atoms. The van der Waals surface area contributed by atoms with Crippen LogP contribution in [0.5, 0.6) is 0 Å². The Morgan fingerprint density at radius 1 is 1.33 bits per heavy atom. The number of amides is 1. The third-order valence-corrected chi connectivity index (χ3v) is 4.34. The van der Waals surface area contributed by atoms with Crippen LogP contribution in [-0.4, -0.2) is 44.8 Å². The second-order valence-corrected chi connectivity index (χ2v) is 5.95. The van der Waals surface area contributed by atoms with E-state index >= 15 is 0 Å². The molecule has 1 saturated heterocycles. The van der Waals surface area contributed by atoms with Crippen molar-refractivity contribution in [1.82, 2.24) is 20.1 Å². The van der Waals surface area contributed by atoms with Crippen LogP contribution in [0.1, 0.15) is 6.42 Å². The van der Waals surface area contributed by atoms with Crippen molar-refractivity contribution in [2.75, 3.05) is 13.6 Å². The quantitative estimate of drug-likeness (QED) is 0.943. The van der Waals surface area contributed by atoms with E-state index in [2.05, 4.69) is 15.2 Å². The van der Waals surface area contributed by atoms with Gasteiger partial charge < -0.3 is 4.90 Å². The summed E-state index contributed by atoms with van der Waals surface area (Å²) in [6, 6.07) is 3.14. The summed E-state index contributed by atoms with van der Waals surface area (Å²) < 4.78 is 26.4. The average molecular weight is 310 g/mol. The highest BCUT2D eigenvalue weighted by Gasteiger charge is 2.31. The number of carbonyl (C=O) groups excluding carboxylic acids is 1. The summed E-state index contributed by atoms with van der Waals surface area (Å²) in [6.45, 7) is 0.711. The molecule has 1 aromatic carbocycles. The third-order valence-electron chi connectivity index (χ3n) is 3.23. The molecule has 1 atom stereocenters. The Balaban J connectivity index is 1.79. The van der Waals surface area contributed by atoms with Crippen molar-refractivity contribution in [2.24, 2.45) is 0 Å². The molecule has 0 saturated carbocycles.